The van der Waals surface area contributed by atoms with Gasteiger partial charge >= 0.3 is 0 Å². The van der Waals surface area contributed by atoms with Crippen molar-refractivity contribution in [1.29, 1.82) is 0 Å². The number of aliphatic hydroxyl groups is 1. The molecule has 1 rings (SSSR count). The summed E-state index contributed by atoms with van der Waals surface area (Å²) >= 11 is 0. The number of β-amino-alcohol motifs (C(OH)–C–C–N with tert-alkyl or cyclic N) is 1. The zero-order chi connectivity index (χ0) is 14.3. The van der Waals surface area contributed by atoms with E-state index in [9.17, 15) is 0 Å². The molecule has 1 heterocycles. The SMILES string of the molecule is CNC(CCN1CCCN(CCO)CC1)C(C)(C)C. The van der Waals surface area contributed by atoms with Crippen LogP contribution in [0.4, 0.5) is 0 Å². The Kier molecular flexibility index (Phi) is 7.29. The first-order valence-corrected chi connectivity index (χ1v) is 7.70. The van der Waals surface area contributed by atoms with Gasteiger partial charge in [-0.15, -0.1) is 0 Å². The van der Waals surface area contributed by atoms with Crippen LogP contribution in [0.2, 0.25) is 0 Å². The minimum atomic E-state index is 0.284. The van der Waals surface area contributed by atoms with E-state index >= 15 is 0 Å². The smallest absolute Gasteiger partial charge is 0.0558 e. The maximum atomic E-state index is 9.01. The molecule has 0 spiro atoms. The summed E-state index contributed by atoms with van der Waals surface area (Å²) in [5.74, 6) is 0. The van der Waals surface area contributed by atoms with Crippen LogP contribution in [-0.4, -0.2) is 73.9 Å². The van der Waals surface area contributed by atoms with Crippen LogP contribution in [0.5, 0.6) is 0 Å². The van der Waals surface area contributed by atoms with Gasteiger partial charge in [0.1, 0.15) is 0 Å². The summed E-state index contributed by atoms with van der Waals surface area (Å²) in [7, 11) is 2.07. The topological polar surface area (TPSA) is 38.7 Å². The Hall–Kier alpha value is -0.160. The standard InChI is InChI=1S/C15H33N3O/c1-15(2,3)14(16-4)6-9-17-7-5-8-18(11-10-17)12-13-19/h14,16,19H,5-13H2,1-4H3. The van der Waals surface area contributed by atoms with Gasteiger partial charge in [0.05, 0.1) is 6.61 Å². The Morgan fingerprint density at radius 3 is 2.11 bits per heavy atom. The normalized spacial score (nSPS) is 21.3. The first-order valence-electron chi connectivity index (χ1n) is 7.70. The molecule has 114 valence electrons. The van der Waals surface area contributed by atoms with E-state index in [1.807, 2.05) is 0 Å². The zero-order valence-electron chi connectivity index (χ0n) is 13.3. The minimum Gasteiger partial charge on any atom is -0.395 e. The van der Waals surface area contributed by atoms with Crippen LogP contribution in [-0.2, 0) is 0 Å². The lowest BCUT2D eigenvalue weighted by Crippen LogP contribution is -2.41. The number of nitrogens with one attached hydrogen (secondary N) is 1. The van der Waals surface area contributed by atoms with Gasteiger partial charge in [0.25, 0.3) is 0 Å². The predicted octanol–water partition coefficient (Wildman–Crippen LogP) is 1.01. The number of hydrogen-bond acceptors (Lipinski definition) is 4. The van der Waals surface area contributed by atoms with Crippen molar-refractivity contribution in [3.8, 4) is 0 Å². The van der Waals surface area contributed by atoms with Gasteiger partial charge in [-0.25, -0.2) is 0 Å². The molecule has 0 amide bonds. The number of aliphatic hydroxyl groups excluding tert-OH is 1. The van der Waals surface area contributed by atoms with Gasteiger partial charge in [-0.3, -0.25) is 4.90 Å². The van der Waals surface area contributed by atoms with E-state index in [-0.39, 0.29) is 6.61 Å². The Bertz CT molecular complexity index is 240. The summed E-state index contributed by atoms with van der Waals surface area (Å²) in [6.45, 7) is 13.8. The lowest BCUT2D eigenvalue weighted by atomic mass is 9.85. The van der Waals surface area contributed by atoms with Gasteiger partial charge < -0.3 is 15.3 Å². The molecule has 1 saturated heterocycles. The molecule has 0 saturated carbocycles. The molecule has 0 aromatic heterocycles. The third kappa shape index (κ3) is 6.21. The number of rotatable bonds is 6. The molecule has 1 fully saturated rings. The predicted molar refractivity (Wildman–Crippen MR) is 81.5 cm³/mol. The Labute approximate surface area is 119 Å². The quantitative estimate of drug-likeness (QED) is 0.756. The fourth-order valence-electron chi connectivity index (χ4n) is 2.94. The fraction of sp³-hybridized carbons (Fsp3) is 1.00. The summed E-state index contributed by atoms with van der Waals surface area (Å²) in [5, 5.41) is 12.5. The summed E-state index contributed by atoms with van der Waals surface area (Å²) < 4.78 is 0. The van der Waals surface area contributed by atoms with E-state index in [2.05, 4.69) is 42.9 Å². The van der Waals surface area contributed by atoms with E-state index < -0.39 is 0 Å². The van der Waals surface area contributed by atoms with E-state index in [0.29, 0.717) is 11.5 Å². The van der Waals surface area contributed by atoms with Crippen molar-refractivity contribution in [2.45, 2.75) is 39.7 Å². The average Bonchev–Trinajstić information content (AvgIpc) is 2.54. The van der Waals surface area contributed by atoms with Gasteiger partial charge in [0.2, 0.25) is 0 Å². The summed E-state index contributed by atoms with van der Waals surface area (Å²) in [6.07, 6.45) is 2.43. The van der Waals surface area contributed by atoms with Crippen LogP contribution < -0.4 is 5.32 Å². The van der Waals surface area contributed by atoms with Gasteiger partial charge in [-0.1, -0.05) is 20.8 Å². The van der Waals surface area contributed by atoms with E-state index in [1.54, 1.807) is 0 Å². The lowest BCUT2D eigenvalue weighted by molar-refractivity contribution is 0.190. The zero-order valence-corrected chi connectivity index (χ0v) is 13.3. The van der Waals surface area contributed by atoms with Gasteiger partial charge in [0, 0.05) is 25.7 Å². The molecule has 0 bridgehead atoms. The number of hydrogen-bond donors (Lipinski definition) is 2. The largest absolute Gasteiger partial charge is 0.395 e. The van der Waals surface area contributed by atoms with E-state index in [1.165, 1.54) is 25.9 Å². The number of nitrogens with zero attached hydrogens (tertiary/aromatic N) is 2. The Morgan fingerprint density at radius 2 is 1.63 bits per heavy atom. The van der Waals surface area contributed by atoms with E-state index in [0.717, 1.165) is 26.2 Å². The first-order chi connectivity index (χ1) is 8.97. The highest BCUT2D eigenvalue weighted by Gasteiger charge is 2.23. The summed E-state index contributed by atoms with van der Waals surface area (Å²) in [6, 6.07) is 0.573. The molecule has 1 unspecified atom stereocenters. The molecular formula is C15H33N3O. The third-order valence-corrected chi connectivity index (χ3v) is 4.23. The maximum Gasteiger partial charge on any atom is 0.0558 e. The minimum absolute atomic E-state index is 0.284. The third-order valence-electron chi connectivity index (χ3n) is 4.23. The molecule has 4 heteroatoms. The van der Waals surface area contributed by atoms with Gasteiger partial charge in [-0.05, 0) is 44.9 Å². The highest BCUT2D eigenvalue weighted by atomic mass is 16.3. The van der Waals surface area contributed by atoms with Crippen LogP contribution in [0, 0.1) is 5.41 Å². The van der Waals surface area contributed by atoms with Crippen molar-refractivity contribution in [2.24, 2.45) is 5.41 Å². The molecule has 19 heavy (non-hydrogen) atoms. The second kappa shape index (κ2) is 8.20. The highest BCUT2D eigenvalue weighted by molar-refractivity contribution is 4.81. The molecular weight excluding hydrogens is 238 g/mol. The monoisotopic (exact) mass is 271 g/mol. The molecule has 2 N–H and O–H groups in total. The maximum absolute atomic E-state index is 9.01. The second-order valence-corrected chi connectivity index (χ2v) is 6.76. The van der Waals surface area contributed by atoms with E-state index in [4.69, 9.17) is 5.11 Å². The van der Waals surface area contributed by atoms with Crippen molar-refractivity contribution in [2.75, 3.05) is 52.9 Å². The Morgan fingerprint density at radius 1 is 1.05 bits per heavy atom. The van der Waals surface area contributed by atoms with Crippen LogP contribution in [0.3, 0.4) is 0 Å². The summed E-state index contributed by atoms with van der Waals surface area (Å²) in [5.41, 5.74) is 0.323. The van der Waals surface area contributed by atoms with Crippen LogP contribution in [0.25, 0.3) is 0 Å². The lowest BCUT2D eigenvalue weighted by Gasteiger charge is -2.32. The molecule has 0 aliphatic carbocycles. The van der Waals surface area contributed by atoms with Crippen LogP contribution in [0.15, 0.2) is 0 Å². The molecule has 1 aliphatic heterocycles. The summed E-state index contributed by atoms with van der Waals surface area (Å²) in [4.78, 5) is 4.95. The highest BCUT2D eigenvalue weighted by Crippen LogP contribution is 2.21. The van der Waals surface area contributed by atoms with Gasteiger partial charge in [0.15, 0.2) is 0 Å². The molecule has 0 aromatic carbocycles. The van der Waals surface area contributed by atoms with Crippen LogP contribution in [0.1, 0.15) is 33.6 Å². The van der Waals surface area contributed by atoms with Crippen molar-refractivity contribution in [3.63, 3.8) is 0 Å². The first kappa shape index (κ1) is 16.9. The van der Waals surface area contributed by atoms with Crippen LogP contribution >= 0.6 is 0 Å². The van der Waals surface area contributed by atoms with Crippen molar-refractivity contribution >= 4 is 0 Å². The molecule has 4 nitrogen and oxygen atoms in total. The fourth-order valence-corrected chi connectivity index (χ4v) is 2.94. The second-order valence-electron chi connectivity index (χ2n) is 6.76. The molecule has 1 atom stereocenters. The van der Waals surface area contributed by atoms with Crippen molar-refractivity contribution in [3.05, 3.63) is 0 Å². The van der Waals surface area contributed by atoms with Gasteiger partial charge in [-0.2, -0.15) is 0 Å². The molecule has 0 radical (unpaired) electrons. The van der Waals surface area contributed by atoms with Crippen molar-refractivity contribution in [1.82, 2.24) is 15.1 Å². The average molecular weight is 271 g/mol. The Balaban J connectivity index is 2.33. The van der Waals surface area contributed by atoms with Crippen molar-refractivity contribution < 1.29 is 5.11 Å². The molecule has 0 aromatic rings. The molecule has 1 aliphatic rings.